The highest BCUT2D eigenvalue weighted by molar-refractivity contribution is 5.53. The molecule has 0 spiro atoms. The molecule has 16 heavy (non-hydrogen) atoms. The third kappa shape index (κ3) is 2.76. The van der Waals surface area contributed by atoms with Gasteiger partial charge < -0.3 is 10.6 Å². The minimum absolute atomic E-state index is 0.186. The Morgan fingerprint density at radius 3 is 2.25 bits per heavy atom. The van der Waals surface area contributed by atoms with Crippen molar-refractivity contribution in [2.24, 2.45) is 11.1 Å². The van der Waals surface area contributed by atoms with Crippen molar-refractivity contribution in [2.45, 2.75) is 33.7 Å². The minimum Gasteiger partial charge on any atom is -0.370 e. The fraction of sp³-hybridized carbons (Fsp3) is 0.571. The summed E-state index contributed by atoms with van der Waals surface area (Å²) >= 11 is 0. The van der Waals surface area contributed by atoms with E-state index < -0.39 is 0 Å². The first-order chi connectivity index (χ1) is 7.38. The molecule has 0 fully saturated rings. The molecule has 1 aromatic rings. The Balaban J connectivity index is 3.01. The molecular formula is C14H24N2. The van der Waals surface area contributed by atoms with Crippen molar-refractivity contribution < 1.29 is 0 Å². The zero-order chi connectivity index (χ0) is 12.3. The lowest BCUT2D eigenvalue weighted by Crippen LogP contribution is -2.47. The summed E-state index contributed by atoms with van der Waals surface area (Å²) in [6, 6.07) is 8.80. The molecule has 2 N–H and O–H groups in total. The third-order valence-electron chi connectivity index (χ3n) is 3.19. The molecule has 0 amide bonds. The average Bonchev–Trinajstić information content (AvgIpc) is 2.17. The van der Waals surface area contributed by atoms with E-state index in [4.69, 9.17) is 5.73 Å². The summed E-state index contributed by atoms with van der Waals surface area (Å²) in [5.74, 6) is 0. The van der Waals surface area contributed by atoms with Gasteiger partial charge >= 0.3 is 0 Å². The zero-order valence-electron chi connectivity index (χ0n) is 11.1. The van der Waals surface area contributed by atoms with E-state index in [9.17, 15) is 0 Å². The lowest BCUT2D eigenvalue weighted by Gasteiger charge is -2.39. The van der Waals surface area contributed by atoms with Crippen molar-refractivity contribution in [1.82, 2.24) is 0 Å². The van der Waals surface area contributed by atoms with E-state index in [1.165, 1.54) is 11.3 Å². The van der Waals surface area contributed by atoms with Crippen molar-refractivity contribution in [2.75, 3.05) is 18.5 Å². The standard InChI is InChI=1S/C14H24N2/c1-11-8-6-7-9-12(11)16(5)13(10-15)14(2,3)4/h6-9,13H,10,15H2,1-5H3. The van der Waals surface area contributed by atoms with E-state index in [0.29, 0.717) is 12.6 Å². The third-order valence-corrected chi connectivity index (χ3v) is 3.19. The molecule has 90 valence electrons. The number of nitrogens with two attached hydrogens (primary N) is 1. The highest BCUT2D eigenvalue weighted by atomic mass is 15.2. The van der Waals surface area contributed by atoms with Gasteiger partial charge in [0.05, 0.1) is 0 Å². The maximum atomic E-state index is 5.91. The summed E-state index contributed by atoms with van der Waals surface area (Å²) in [6.45, 7) is 9.52. The average molecular weight is 220 g/mol. The molecule has 0 bridgehead atoms. The van der Waals surface area contributed by atoms with Crippen molar-refractivity contribution in [3.05, 3.63) is 29.8 Å². The number of hydrogen-bond donors (Lipinski definition) is 1. The summed E-state index contributed by atoms with van der Waals surface area (Å²) in [5, 5.41) is 0. The number of aryl methyl sites for hydroxylation is 1. The van der Waals surface area contributed by atoms with E-state index in [0.717, 1.165) is 0 Å². The summed E-state index contributed by atoms with van der Waals surface area (Å²) in [7, 11) is 2.13. The second-order valence-corrected chi connectivity index (χ2v) is 5.51. The molecule has 0 aliphatic carbocycles. The van der Waals surface area contributed by atoms with Gasteiger partial charge in [0.25, 0.3) is 0 Å². The number of benzene rings is 1. The Morgan fingerprint density at radius 2 is 1.81 bits per heavy atom. The molecule has 1 rings (SSSR count). The monoisotopic (exact) mass is 220 g/mol. The number of likely N-dealkylation sites (N-methyl/N-ethyl adjacent to an activating group) is 1. The van der Waals surface area contributed by atoms with E-state index in [1.807, 2.05) is 0 Å². The van der Waals surface area contributed by atoms with Crippen LogP contribution in [0.1, 0.15) is 26.3 Å². The fourth-order valence-corrected chi connectivity index (χ4v) is 2.22. The van der Waals surface area contributed by atoms with E-state index >= 15 is 0 Å². The van der Waals surface area contributed by atoms with E-state index in [2.05, 4.69) is 63.9 Å². The predicted octanol–water partition coefficient (Wildman–Crippen LogP) is 2.80. The van der Waals surface area contributed by atoms with Gasteiger partial charge in [-0.1, -0.05) is 39.0 Å². The topological polar surface area (TPSA) is 29.3 Å². The van der Waals surface area contributed by atoms with Gasteiger partial charge in [0.2, 0.25) is 0 Å². The van der Waals surface area contributed by atoms with Crippen LogP contribution < -0.4 is 10.6 Å². The second kappa shape index (κ2) is 4.88. The highest BCUT2D eigenvalue weighted by Crippen LogP contribution is 2.28. The molecule has 0 aliphatic heterocycles. The Bertz CT molecular complexity index is 339. The van der Waals surface area contributed by atoms with Gasteiger partial charge in [-0.3, -0.25) is 0 Å². The lowest BCUT2D eigenvalue weighted by atomic mass is 9.85. The van der Waals surface area contributed by atoms with Crippen molar-refractivity contribution in [1.29, 1.82) is 0 Å². The van der Waals surface area contributed by atoms with E-state index in [-0.39, 0.29) is 5.41 Å². The van der Waals surface area contributed by atoms with E-state index in [1.54, 1.807) is 0 Å². The number of rotatable bonds is 3. The summed E-state index contributed by atoms with van der Waals surface area (Å²) < 4.78 is 0. The van der Waals surface area contributed by atoms with Crippen LogP contribution in [0.25, 0.3) is 0 Å². The van der Waals surface area contributed by atoms with Gasteiger partial charge in [-0.2, -0.15) is 0 Å². The first-order valence-electron chi connectivity index (χ1n) is 5.86. The Kier molecular flexibility index (Phi) is 3.98. The number of nitrogens with zero attached hydrogens (tertiary/aromatic N) is 1. The van der Waals surface area contributed by atoms with Crippen molar-refractivity contribution in [3.63, 3.8) is 0 Å². The maximum Gasteiger partial charge on any atom is 0.0457 e. The number of hydrogen-bond acceptors (Lipinski definition) is 2. The summed E-state index contributed by atoms with van der Waals surface area (Å²) in [4.78, 5) is 2.30. The van der Waals surface area contributed by atoms with Gasteiger partial charge in [0.15, 0.2) is 0 Å². The zero-order valence-corrected chi connectivity index (χ0v) is 11.1. The Hall–Kier alpha value is -1.02. The van der Waals surface area contributed by atoms with Crippen LogP contribution in [0.2, 0.25) is 0 Å². The molecule has 2 nitrogen and oxygen atoms in total. The Labute approximate surface area is 99.5 Å². The van der Waals surface area contributed by atoms with Crippen LogP contribution >= 0.6 is 0 Å². The van der Waals surface area contributed by atoms with Crippen LogP contribution in [0, 0.1) is 12.3 Å². The SMILES string of the molecule is Cc1ccccc1N(C)C(CN)C(C)(C)C. The molecule has 1 aromatic carbocycles. The van der Waals surface area contributed by atoms with Gasteiger partial charge in [0, 0.05) is 25.3 Å². The molecule has 1 unspecified atom stereocenters. The highest BCUT2D eigenvalue weighted by Gasteiger charge is 2.27. The quantitative estimate of drug-likeness (QED) is 0.848. The van der Waals surface area contributed by atoms with Gasteiger partial charge in [-0.15, -0.1) is 0 Å². The number of anilines is 1. The van der Waals surface area contributed by atoms with Crippen LogP contribution in [0.15, 0.2) is 24.3 Å². The second-order valence-electron chi connectivity index (χ2n) is 5.51. The lowest BCUT2D eigenvalue weighted by molar-refractivity contribution is 0.316. The fourth-order valence-electron chi connectivity index (χ4n) is 2.22. The molecule has 0 saturated carbocycles. The largest absolute Gasteiger partial charge is 0.370 e. The molecule has 0 aliphatic rings. The molecule has 0 heterocycles. The predicted molar refractivity (Wildman–Crippen MR) is 71.9 cm³/mol. The minimum atomic E-state index is 0.186. The maximum absolute atomic E-state index is 5.91. The van der Waals surface area contributed by atoms with Gasteiger partial charge in [0.1, 0.15) is 0 Å². The molecule has 1 atom stereocenters. The van der Waals surface area contributed by atoms with Crippen LogP contribution in [-0.4, -0.2) is 19.6 Å². The van der Waals surface area contributed by atoms with Crippen LogP contribution in [0.5, 0.6) is 0 Å². The molecule has 0 radical (unpaired) electrons. The van der Waals surface area contributed by atoms with Crippen molar-refractivity contribution in [3.8, 4) is 0 Å². The van der Waals surface area contributed by atoms with Gasteiger partial charge in [-0.05, 0) is 24.0 Å². The summed E-state index contributed by atoms with van der Waals surface area (Å²) in [5.41, 5.74) is 8.66. The normalized spacial score (nSPS) is 13.6. The Morgan fingerprint density at radius 1 is 1.25 bits per heavy atom. The van der Waals surface area contributed by atoms with Gasteiger partial charge in [-0.25, -0.2) is 0 Å². The number of para-hydroxylation sites is 1. The van der Waals surface area contributed by atoms with Crippen molar-refractivity contribution >= 4 is 5.69 Å². The molecular weight excluding hydrogens is 196 g/mol. The first kappa shape index (κ1) is 13.0. The van der Waals surface area contributed by atoms with Crippen LogP contribution in [0.3, 0.4) is 0 Å². The van der Waals surface area contributed by atoms with Crippen LogP contribution in [-0.2, 0) is 0 Å². The molecule has 0 aromatic heterocycles. The molecule has 2 heteroatoms. The smallest absolute Gasteiger partial charge is 0.0457 e. The molecule has 0 saturated heterocycles. The summed E-state index contributed by atoms with van der Waals surface area (Å²) in [6.07, 6.45) is 0. The van der Waals surface area contributed by atoms with Crippen LogP contribution in [0.4, 0.5) is 5.69 Å². The first-order valence-corrected chi connectivity index (χ1v) is 5.86.